The van der Waals surface area contributed by atoms with E-state index in [0.717, 1.165) is 12.7 Å². The van der Waals surface area contributed by atoms with Gasteiger partial charge in [0.1, 0.15) is 0 Å². The summed E-state index contributed by atoms with van der Waals surface area (Å²) in [5.74, 6) is 0.656. The Balaban J connectivity index is 2.97. The zero-order valence-electron chi connectivity index (χ0n) is 4.89. The molecule has 0 saturated heterocycles. The lowest BCUT2D eigenvalue weighted by Crippen LogP contribution is -1.80. The lowest BCUT2D eigenvalue weighted by atomic mass is 10.1. The van der Waals surface area contributed by atoms with Gasteiger partial charge in [-0.1, -0.05) is 13.8 Å². The van der Waals surface area contributed by atoms with Crippen LogP contribution in [0.2, 0.25) is 0 Å². The van der Waals surface area contributed by atoms with E-state index in [9.17, 15) is 0 Å². The van der Waals surface area contributed by atoms with Gasteiger partial charge in [-0.05, 0) is 18.4 Å². The standard InChI is InChI=1S/C6H12O/c1-6(2)4-3-5-7/h3,5-7H,4H2,1-2H3/b5-3+. The minimum atomic E-state index is 0.656. The molecule has 0 aromatic heterocycles. The molecule has 0 unspecified atom stereocenters. The maximum absolute atomic E-state index is 8.13. The van der Waals surface area contributed by atoms with Crippen molar-refractivity contribution in [3.8, 4) is 0 Å². The average Bonchev–Trinajstić information content (AvgIpc) is 1.61. The molecule has 0 atom stereocenters. The molecule has 0 aromatic carbocycles. The molecule has 0 aliphatic rings. The van der Waals surface area contributed by atoms with Gasteiger partial charge < -0.3 is 5.11 Å². The van der Waals surface area contributed by atoms with Gasteiger partial charge in [-0.15, -0.1) is 0 Å². The third-order valence-corrected chi connectivity index (χ3v) is 0.713. The van der Waals surface area contributed by atoms with E-state index in [-0.39, 0.29) is 0 Å². The Bertz CT molecular complexity index is 55.2. The van der Waals surface area contributed by atoms with Gasteiger partial charge >= 0.3 is 0 Å². The van der Waals surface area contributed by atoms with Gasteiger partial charge in [0.15, 0.2) is 0 Å². The Hall–Kier alpha value is -0.460. The van der Waals surface area contributed by atoms with Gasteiger partial charge in [0, 0.05) is 0 Å². The first-order chi connectivity index (χ1) is 3.27. The van der Waals surface area contributed by atoms with Crippen LogP contribution in [0, 0.1) is 5.92 Å². The van der Waals surface area contributed by atoms with Crippen LogP contribution in [0.4, 0.5) is 0 Å². The molecule has 1 nitrogen and oxygen atoms in total. The van der Waals surface area contributed by atoms with Gasteiger partial charge in [0.05, 0.1) is 6.26 Å². The zero-order chi connectivity index (χ0) is 5.70. The van der Waals surface area contributed by atoms with E-state index >= 15 is 0 Å². The maximum atomic E-state index is 8.13. The van der Waals surface area contributed by atoms with E-state index in [2.05, 4.69) is 13.8 Å². The highest BCUT2D eigenvalue weighted by atomic mass is 16.2. The molecule has 0 aliphatic carbocycles. The summed E-state index contributed by atoms with van der Waals surface area (Å²) >= 11 is 0. The molecule has 1 N–H and O–H groups in total. The molecule has 0 radical (unpaired) electrons. The first-order valence-corrected chi connectivity index (χ1v) is 2.56. The SMILES string of the molecule is CC(C)C/C=C/O. The molecule has 0 fully saturated rings. The fourth-order valence-electron chi connectivity index (χ4n) is 0.333. The number of rotatable bonds is 2. The number of hydrogen-bond acceptors (Lipinski definition) is 1. The molecule has 42 valence electrons. The van der Waals surface area contributed by atoms with Crippen LogP contribution in [0.3, 0.4) is 0 Å². The zero-order valence-corrected chi connectivity index (χ0v) is 4.89. The Kier molecular flexibility index (Phi) is 3.48. The van der Waals surface area contributed by atoms with Gasteiger partial charge in [-0.2, -0.15) is 0 Å². The fraction of sp³-hybridized carbons (Fsp3) is 0.667. The smallest absolute Gasteiger partial charge is 0.0751 e. The summed E-state index contributed by atoms with van der Waals surface area (Å²) in [5.41, 5.74) is 0. The van der Waals surface area contributed by atoms with E-state index < -0.39 is 0 Å². The van der Waals surface area contributed by atoms with Crippen molar-refractivity contribution in [2.75, 3.05) is 0 Å². The van der Waals surface area contributed by atoms with Crippen molar-refractivity contribution < 1.29 is 5.11 Å². The van der Waals surface area contributed by atoms with E-state index in [4.69, 9.17) is 5.11 Å². The predicted molar refractivity (Wildman–Crippen MR) is 31.2 cm³/mol. The number of aliphatic hydroxyl groups excluding tert-OH is 1. The van der Waals surface area contributed by atoms with Crippen molar-refractivity contribution in [3.63, 3.8) is 0 Å². The molecule has 0 spiro atoms. The molecule has 7 heavy (non-hydrogen) atoms. The third-order valence-electron chi connectivity index (χ3n) is 0.713. The molecule has 0 amide bonds. The van der Waals surface area contributed by atoms with E-state index in [1.54, 1.807) is 6.08 Å². The largest absolute Gasteiger partial charge is 0.516 e. The van der Waals surface area contributed by atoms with E-state index in [1.807, 2.05) is 0 Å². The summed E-state index contributed by atoms with van der Waals surface area (Å²) < 4.78 is 0. The highest BCUT2D eigenvalue weighted by molar-refractivity contribution is 4.72. The summed E-state index contributed by atoms with van der Waals surface area (Å²) in [7, 11) is 0. The molecule has 0 aliphatic heterocycles. The Morgan fingerprint density at radius 3 is 2.29 bits per heavy atom. The topological polar surface area (TPSA) is 20.2 Å². The van der Waals surface area contributed by atoms with Crippen LogP contribution in [-0.4, -0.2) is 5.11 Å². The van der Waals surface area contributed by atoms with Crippen molar-refractivity contribution in [2.45, 2.75) is 20.3 Å². The van der Waals surface area contributed by atoms with Crippen molar-refractivity contribution in [1.82, 2.24) is 0 Å². The van der Waals surface area contributed by atoms with Gasteiger partial charge in [0.2, 0.25) is 0 Å². The van der Waals surface area contributed by atoms with Crippen LogP contribution < -0.4 is 0 Å². The van der Waals surface area contributed by atoms with Gasteiger partial charge in [-0.3, -0.25) is 0 Å². The quantitative estimate of drug-likeness (QED) is 0.527. The number of aliphatic hydroxyl groups is 1. The second-order valence-electron chi connectivity index (χ2n) is 2.01. The van der Waals surface area contributed by atoms with Crippen LogP contribution in [0.1, 0.15) is 20.3 Å². The molecule has 0 saturated carbocycles. The van der Waals surface area contributed by atoms with Crippen molar-refractivity contribution in [1.29, 1.82) is 0 Å². The van der Waals surface area contributed by atoms with Gasteiger partial charge in [-0.25, -0.2) is 0 Å². The fourth-order valence-corrected chi connectivity index (χ4v) is 0.333. The van der Waals surface area contributed by atoms with Crippen LogP contribution >= 0.6 is 0 Å². The first-order valence-electron chi connectivity index (χ1n) is 2.56. The molecular formula is C6H12O. The number of hydrogen-bond donors (Lipinski definition) is 1. The van der Waals surface area contributed by atoms with E-state index in [1.165, 1.54) is 0 Å². The Morgan fingerprint density at radius 2 is 2.14 bits per heavy atom. The molecule has 0 aromatic rings. The summed E-state index contributed by atoms with van der Waals surface area (Å²) in [6.07, 6.45) is 3.82. The second-order valence-corrected chi connectivity index (χ2v) is 2.01. The average molecular weight is 100 g/mol. The predicted octanol–water partition coefficient (Wildman–Crippen LogP) is 2.10. The summed E-state index contributed by atoms with van der Waals surface area (Å²) in [6.45, 7) is 4.22. The molecule has 0 heterocycles. The van der Waals surface area contributed by atoms with E-state index in [0.29, 0.717) is 5.92 Å². The molecule has 0 rings (SSSR count). The lowest BCUT2D eigenvalue weighted by Gasteiger charge is -1.93. The second kappa shape index (κ2) is 3.72. The Labute approximate surface area is 44.7 Å². The molecule has 1 heteroatoms. The maximum Gasteiger partial charge on any atom is 0.0751 e. The highest BCUT2D eigenvalue weighted by Gasteiger charge is 1.84. The lowest BCUT2D eigenvalue weighted by molar-refractivity contribution is 0.467. The monoisotopic (exact) mass is 100 g/mol. The van der Waals surface area contributed by atoms with Crippen LogP contribution in [0.15, 0.2) is 12.3 Å². The summed E-state index contributed by atoms with van der Waals surface area (Å²) in [6, 6.07) is 0. The van der Waals surface area contributed by atoms with Crippen LogP contribution in [0.25, 0.3) is 0 Å². The number of allylic oxidation sites excluding steroid dienone is 1. The Morgan fingerprint density at radius 1 is 1.57 bits per heavy atom. The van der Waals surface area contributed by atoms with Crippen molar-refractivity contribution >= 4 is 0 Å². The van der Waals surface area contributed by atoms with Crippen LogP contribution in [-0.2, 0) is 0 Å². The van der Waals surface area contributed by atoms with Crippen molar-refractivity contribution in [3.05, 3.63) is 12.3 Å². The minimum absolute atomic E-state index is 0.656. The molecular weight excluding hydrogens is 88.1 g/mol. The first kappa shape index (κ1) is 6.54. The summed E-state index contributed by atoms with van der Waals surface area (Å²) in [5, 5.41) is 8.13. The molecule has 0 bridgehead atoms. The van der Waals surface area contributed by atoms with Gasteiger partial charge in [0.25, 0.3) is 0 Å². The minimum Gasteiger partial charge on any atom is -0.516 e. The highest BCUT2D eigenvalue weighted by Crippen LogP contribution is 1.97. The normalized spacial score (nSPS) is 11.3. The summed E-state index contributed by atoms with van der Waals surface area (Å²) in [4.78, 5) is 0. The van der Waals surface area contributed by atoms with Crippen molar-refractivity contribution in [2.24, 2.45) is 5.92 Å². The third kappa shape index (κ3) is 5.54. The van der Waals surface area contributed by atoms with Crippen LogP contribution in [0.5, 0.6) is 0 Å².